The topological polar surface area (TPSA) is 105 Å². The lowest BCUT2D eigenvalue weighted by atomic mass is 9.93. The number of esters is 1. The summed E-state index contributed by atoms with van der Waals surface area (Å²) in [5.41, 5.74) is 1.94. The van der Waals surface area contributed by atoms with Crippen LogP contribution in [-0.2, 0) is 32.1 Å². The summed E-state index contributed by atoms with van der Waals surface area (Å²) in [6.07, 6.45) is 0.334. The number of benzene rings is 2. The van der Waals surface area contributed by atoms with Crippen molar-refractivity contribution in [2.45, 2.75) is 78.7 Å². The molecule has 0 aliphatic heterocycles. The molecular formula is C30H42N2O5. The summed E-state index contributed by atoms with van der Waals surface area (Å²) >= 11 is 0. The molecule has 0 unspecified atom stereocenters. The molecule has 2 rings (SSSR count). The van der Waals surface area contributed by atoms with Gasteiger partial charge in [-0.3, -0.25) is 9.59 Å². The summed E-state index contributed by atoms with van der Waals surface area (Å²) in [5.74, 6) is -1.87. The third-order valence-electron chi connectivity index (χ3n) is 6.71. The second kappa shape index (κ2) is 15.2. The van der Waals surface area contributed by atoms with Crippen LogP contribution in [0.1, 0.15) is 58.6 Å². The van der Waals surface area contributed by atoms with E-state index in [2.05, 4.69) is 10.6 Å². The Labute approximate surface area is 221 Å². The predicted molar refractivity (Wildman–Crippen MR) is 144 cm³/mol. The van der Waals surface area contributed by atoms with Crippen molar-refractivity contribution in [3.63, 3.8) is 0 Å². The van der Waals surface area contributed by atoms with E-state index >= 15 is 0 Å². The van der Waals surface area contributed by atoms with Crippen LogP contribution < -0.4 is 10.6 Å². The van der Waals surface area contributed by atoms with Gasteiger partial charge in [0.05, 0.1) is 12.5 Å². The minimum absolute atomic E-state index is 0.110. The van der Waals surface area contributed by atoms with Crippen LogP contribution in [0.15, 0.2) is 60.7 Å². The molecule has 5 atom stereocenters. The van der Waals surface area contributed by atoms with E-state index in [9.17, 15) is 19.5 Å². The molecule has 2 amide bonds. The van der Waals surface area contributed by atoms with E-state index in [1.165, 1.54) is 0 Å². The fraction of sp³-hybridized carbons (Fsp3) is 0.500. The first kappa shape index (κ1) is 30.0. The van der Waals surface area contributed by atoms with Gasteiger partial charge < -0.3 is 20.5 Å². The van der Waals surface area contributed by atoms with Gasteiger partial charge in [0.15, 0.2) is 0 Å². The van der Waals surface area contributed by atoms with Crippen LogP contribution in [0.4, 0.5) is 0 Å². The van der Waals surface area contributed by atoms with Crippen LogP contribution in [0, 0.1) is 17.8 Å². The van der Waals surface area contributed by atoms with Gasteiger partial charge >= 0.3 is 5.97 Å². The van der Waals surface area contributed by atoms with Gasteiger partial charge in [-0.25, -0.2) is 4.79 Å². The molecule has 202 valence electrons. The molecule has 0 heterocycles. The van der Waals surface area contributed by atoms with E-state index < -0.39 is 36.0 Å². The number of hydrogen-bond acceptors (Lipinski definition) is 5. The van der Waals surface area contributed by atoms with Gasteiger partial charge in [0, 0.05) is 0 Å². The van der Waals surface area contributed by atoms with Gasteiger partial charge in [0.1, 0.15) is 18.7 Å². The first-order chi connectivity index (χ1) is 17.6. The number of rotatable bonds is 14. The third kappa shape index (κ3) is 10.00. The molecular weight excluding hydrogens is 468 g/mol. The van der Waals surface area contributed by atoms with E-state index in [1.807, 2.05) is 95.3 Å². The van der Waals surface area contributed by atoms with E-state index in [0.717, 1.165) is 11.1 Å². The van der Waals surface area contributed by atoms with E-state index in [0.29, 0.717) is 12.8 Å². The maximum Gasteiger partial charge on any atom is 0.329 e. The van der Waals surface area contributed by atoms with Crippen molar-refractivity contribution >= 4 is 17.8 Å². The van der Waals surface area contributed by atoms with E-state index in [1.54, 1.807) is 0 Å². The Hall–Kier alpha value is -3.19. The average molecular weight is 511 g/mol. The van der Waals surface area contributed by atoms with Crippen molar-refractivity contribution in [2.75, 3.05) is 0 Å². The molecule has 2 aromatic rings. The van der Waals surface area contributed by atoms with E-state index in [4.69, 9.17) is 4.74 Å². The maximum atomic E-state index is 13.2. The normalized spacial score (nSPS) is 15.2. The average Bonchev–Trinajstić information content (AvgIpc) is 2.89. The highest BCUT2D eigenvalue weighted by Gasteiger charge is 2.32. The van der Waals surface area contributed by atoms with Gasteiger partial charge in [0.25, 0.3) is 0 Å². The molecule has 0 aromatic heterocycles. The van der Waals surface area contributed by atoms with Crippen LogP contribution >= 0.6 is 0 Å². The van der Waals surface area contributed by atoms with Crippen molar-refractivity contribution in [1.29, 1.82) is 0 Å². The molecule has 2 aromatic carbocycles. The first-order valence-corrected chi connectivity index (χ1v) is 13.1. The minimum atomic E-state index is -0.851. The molecule has 0 saturated carbocycles. The highest BCUT2D eigenvalue weighted by atomic mass is 16.5. The maximum absolute atomic E-state index is 13.2. The lowest BCUT2D eigenvalue weighted by Crippen LogP contribution is -2.55. The van der Waals surface area contributed by atoms with Crippen molar-refractivity contribution in [3.05, 3.63) is 71.8 Å². The number of ether oxygens (including phenoxy) is 1. The number of carbonyl (C=O) groups is 3. The van der Waals surface area contributed by atoms with Gasteiger partial charge in [-0.05, 0) is 35.3 Å². The Morgan fingerprint density at radius 1 is 0.811 bits per heavy atom. The van der Waals surface area contributed by atoms with Crippen molar-refractivity contribution in [1.82, 2.24) is 10.6 Å². The SMILES string of the molecule is CC[C@H](C)[C@H](NC(=O)C[C@H](O)[C@@H](C)Cc1ccccc1)C(=O)N[C@H](C(=O)OCc1ccccc1)C(C)C. The number of carbonyl (C=O) groups excluding carboxylic acids is 3. The summed E-state index contributed by atoms with van der Waals surface area (Å²) in [6, 6.07) is 17.4. The highest BCUT2D eigenvalue weighted by Crippen LogP contribution is 2.16. The molecule has 0 aliphatic rings. The van der Waals surface area contributed by atoms with Gasteiger partial charge in [-0.1, -0.05) is 102 Å². The number of hydrogen-bond donors (Lipinski definition) is 3. The summed E-state index contributed by atoms with van der Waals surface area (Å²) in [5, 5.41) is 16.2. The van der Waals surface area contributed by atoms with E-state index in [-0.39, 0.29) is 30.8 Å². The zero-order valence-corrected chi connectivity index (χ0v) is 22.6. The predicted octanol–water partition coefficient (Wildman–Crippen LogP) is 4.03. The smallest absolute Gasteiger partial charge is 0.329 e. The summed E-state index contributed by atoms with van der Waals surface area (Å²) in [4.78, 5) is 38.8. The van der Waals surface area contributed by atoms with Crippen LogP contribution in [-0.4, -0.2) is 41.1 Å². The molecule has 37 heavy (non-hydrogen) atoms. The summed E-state index contributed by atoms with van der Waals surface area (Å²) in [7, 11) is 0. The molecule has 0 radical (unpaired) electrons. The zero-order chi connectivity index (χ0) is 27.4. The van der Waals surface area contributed by atoms with Crippen LogP contribution in [0.25, 0.3) is 0 Å². The van der Waals surface area contributed by atoms with Crippen LogP contribution in [0.5, 0.6) is 0 Å². The quantitative estimate of drug-likeness (QED) is 0.333. The zero-order valence-electron chi connectivity index (χ0n) is 22.6. The Kier molecular flexibility index (Phi) is 12.3. The lowest BCUT2D eigenvalue weighted by molar-refractivity contribution is -0.150. The molecule has 3 N–H and O–H groups in total. The van der Waals surface area contributed by atoms with Gasteiger partial charge in [-0.2, -0.15) is 0 Å². The molecule has 7 nitrogen and oxygen atoms in total. The molecule has 0 saturated heterocycles. The number of aliphatic hydroxyl groups excluding tert-OH is 1. The Bertz CT molecular complexity index is 980. The molecule has 7 heteroatoms. The molecule has 0 fully saturated rings. The number of amides is 2. The Morgan fingerprint density at radius 3 is 1.92 bits per heavy atom. The number of aliphatic hydroxyl groups is 1. The van der Waals surface area contributed by atoms with Gasteiger partial charge in [-0.15, -0.1) is 0 Å². The summed E-state index contributed by atoms with van der Waals surface area (Å²) in [6.45, 7) is 9.48. The fourth-order valence-corrected chi connectivity index (χ4v) is 4.01. The standard InChI is InChI=1S/C30H42N2O5/c1-6-21(4)28(31-26(34)18-25(33)22(5)17-23-13-9-7-10-14-23)29(35)32-27(20(2)3)30(36)37-19-24-15-11-8-12-16-24/h7-16,20-22,25,27-28,33H,6,17-19H2,1-5H3,(H,31,34)(H,32,35)/t21-,22-,25-,27-,28-/m0/s1. The first-order valence-electron chi connectivity index (χ1n) is 13.1. The fourth-order valence-electron chi connectivity index (χ4n) is 4.01. The molecule has 0 spiro atoms. The molecule has 0 bridgehead atoms. The number of nitrogens with one attached hydrogen (secondary N) is 2. The van der Waals surface area contributed by atoms with Crippen molar-refractivity contribution < 1.29 is 24.2 Å². The second-order valence-electron chi connectivity index (χ2n) is 10.2. The van der Waals surface area contributed by atoms with Crippen LogP contribution in [0.2, 0.25) is 0 Å². The monoisotopic (exact) mass is 510 g/mol. The minimum Gasteiger partial charge on any atom is -0.459 e. The molecule has 0 aliphatic carbocycles. The second-order valence-corrected chi connectivity index (χ2v) is 10.2. The Morgan fingerprint density at radius 2 is 1.38 bits per heavy atom. The third-order valence-corrected chi connectivity index (χ3v) is 6.71. The van der Waals surface area contributed by atoms with Crippen LogP contribution in [0.3, 0.4) is 0 Å². The Balaban J connectivity index is 1.98. The largest absolute Gasteiger partial charge is 0.459 e. The van der Waals surface area contributed by atoms with Crippen molar-refractivity contribution in [2.24, 2.45) is 17.8 Å². The van der Waals surface area contributed by atoms with Gasteiger partial charge in [0.2, 0.25) is 11.8 Å². The summed E-state index contributed by atoms with van der Waals surface area (Å²) < 4.78 is 5.45. The lowest BCUT2D eigenvalue weighted by Gasteiger charge is -2.28. The van der Waals surface area contributed by atoms with Crippen molar-refractivity contribution in [3.8, 4) is 0 Å². The highest BCUT2D eigenvalue weighted by molar-refractivity contribution is 5.91.